The molecule has 1 rings (SSSR count). The molecule has 24 heavy (non-hydrogen) atoms. The molecule has 1 aliphatic rings. The Morgan fingerprint density at radius 3 is 2.04 bits per heavy atom. The molecule has 140 valence electrons. The van der Waals surface area contributed by atoms with Crippen LogP contribution in [0.5, 0.6) is 0 Å². The first-order valence-electron chi connectivity index (χ1n) is 8.64. The van der Waals surface area contributed by atoms with Gasteiger partial charge in [0, 0.05) is 11.5 Å². The average molecular weight is 377 g/mol. The highest BCUT2D eigenvalue weighted by Gasteiger charge is 2.41. The molecule has 0 saturated heterocycles. The molecule has 4 nitrogen and oxygen atoms in total. The fraction of sp³-hybridized carbons (Fsp3) is 0.889. The highest BCUT2D eigenvalue weighted by Crippen LogP contribution is 2.41. The van der Waals surface area contributed by atoms with Crippen molar-refractivity contribution in [1.29, 1.82) is 0 Å². The first-order chi connectivity index (χ1) is 11.2. The number of hydrogen-bond donors (Lipinski definition) is 0. The normalized spacial score (nSPS) is 24.5. The summed E-state index contributed by atoms with van der Waals surface area (Å²) in [5.41, 5.74) is -0.829. The van der Waals surface area contributed by atoms with Gasteiger partial charge in [-0.2, -0.15) is 23.5 Å². The predicted molar refractivity (Wildman–Crippen MR) is 103 cm³/mol. The SMILES string of the molecule is CSCCC(=O)OC1(C)CCC(C(C)(C)OC(=O)CCSC)CC1. The van der Waals surface area contributed by atoms with E-state index in [0.717, 1.165) is 37.2 Å². The zero-order valence-corrected chi connectivity index (χ0v) is 17.3. The van der Waals surface area contributed by atoms with Crippen LogP contribution in [0, 0.1) is 5.92 Å². The molecule has 0 amide bonds. The van der Waals surface area contributed by atoms with Gasteiger partial charge in [0.25, 0.3) is 0 Å². The van der Waals surface area contributed by atoms with E-state index in [4.69, 9.17) is 9.47 Å². The Hall–Kier alpha value is -0.360. The Kier molecular flexibility index (Phi) is 8.99. The van der Waals surface area contributed by atoms with Crippen LogP contribution in [0.4, 0.5) is 0 Å². The molecule has 0 spiro atoms. The quantitative estimate of drug-likeness (QED) is 0.559. The van der Waals surface area contributed by atoms with Gasteiger partial charge in [-0.3, -0.25) is 9.59 Å². The molecule has 0 aliphatic heterocycles. The first kappa shape index (κ1) is 21.7. The van der Waals surface area contributed by atoms with Crippen molar-refractivity contribution in [3.8, 4) is 0 Å². The van der Waals surface area contributed by atoms with E-state index in [-0.39, 0.29) is 17.5 Å². The fourth-order valence-electron chi connectivity index (χ4n) is 3.15. The summed E-state index contributed by atoms with van der Waals surface area (Å²) in [7, 11) is 0. The predicted octanol–water partition coefficient (Wildman–Crippen LogP) is 4.31. The maximum atomic E-state index is 11.9. The summed E-state index contributed by atoms with van der Waals surface area (Å²) in [4.78, 5) is 23.8. The summed E-state index contributed by atoms with van der Waals surface area (Å²) in [6.45, 7) is 6.03. The lowest BCUT2D eigenvalue weighted by atomic mass is 9.73. The van der Waals surface area contributed by atoms with Crippen LogP contribution in [-0.4, -0.2) is 47.2 Å². The van der Waals surface area contributed by atoms with Gasteiger partial charge in [0.15, 0.2) is 0 Å². The van der Waals surface area contributed by atoms with Crippen molar-refractivity contribution in [2.45, 2.75) is 70.5 Å². The molecule has 0 aromatic carbocycles. The smallest absolute Gasteiger partial charge is 0.307 e. The standard InChI is InChI=1S/C18H32O4S2/c1-17(2,21-15(19)8-12-23-4)14-6-10-18(3,11-7-14)22-16(20)9-13-24-5/h14H,6-13H2,1-5H3. The lowest BCUT2D eigenvalue weighted by Gasteiger charge is -2.42. The Morgan fingerprint density at radius 1 is 1.04 bits per heavy atom. The summed E-state index contributed by atoms with van der Waals surface area (Å²) in [6.07, 6.45) is 8.39. The molecule has 0 N–H and O–H groups in total. The molecule has 0 aromatic heterocycles. The summed E-state index contributed by atoms with van der Waals surface area (Å²) in [5.74, 6) is 1.69. The first-order valence-corrected chi connectivity index (χ1v) is 11.4. The van der Waals surface area contributed by atoms with E-state index in [1.54, 1.807) is 23.5 Å². The van der Waals surface area contributed by atoms with E-state index >= 15 is 0 Å². The molecule has 0 aromatic rings. The van der Waals surface area contributed by atoms with Gasteiger partial charge < -0.3 is 9.47 Å². The number of hydrogen-bond acceptors (Lipinski definition) is 6. The second-order valence-corrected chi connectivity index (χ2v) is 9.23. The molecule has 0 atom stereocenters. The van der Waals surface area contributed by atoms with Crippen molar-refractivity contribution in [2.75, 3.05) is 24.0 Å². The van der Waals surface area contributed by atoms with Crippen molar-refractivity contribution >= 4 is 35.5 Å². The minimum Gasteiger partial charge on any atom is -0.459 e. The van der Waals surface area contributed by atoms with E-state index in [2.05, 4.69) is 0 Å². The summed E-state index contributed by atoms with van der Waals surface area (Å²) in [6, 6.07) is 0. The number of ether oxygens (including phenoxy) is 2. The third-order valence-electron chi connectivity index (χ3n) is 4.78. The minimum atomic E-state index is -0.459. The van der Waals surface area contributed by atoms with E-state index < -0.39 is 5.60 Å². The molecule has 0 radical (unpaired) electrons. The van der Waals surface area contributed by atoms with Crippen LogP contribution in [0.3, 0.4) is 0 Å². The second-order valence-electron chi connectivity index (χ2n) is 7.26. The second kappa shape index (κ2) is 9.95. The summed E-state index contributed by atoms with van der Waals surface area (Å²) < 4.78 is 11.4. The third kappa shape index (κ3) is 7.26. The van der Waals surface area contributed by atoms with Crippen LogP contribution >= 0.6 is 23.5 Å². The monoisotopic (exact) mass is 376 g/mol. The maximum absolute atomic E-state index is 11.9. The van der Waals surface area contributed by atoms with Gasteiger partial charge in [-0.05, 0) is 64.9 Å². The minimum absolute atomic E-state index is 0.104. The highest BCUT2D eigenvalue weighted by atomic mass is 32.2. The summed E-state index contributed by atoms with van der Waals surface area (Å²) >= 11 is 3.31. The van der Waals surface area contributed by atoms with E-state index in [1.807, 2.05) is 33.3 Å². The largest absolute Gasteiger partial charge is 0.459 e. The molecule has 1 aliphatic carbocycles. The van der Waals surface area contributed by atoms with Crippen molar-refractivity contribution in [3.05, 3.63) is 0 Å². The van der Waals surface area contributed by atoms with Crippen molar-refractivity contribution in [2.24, 2.45) is 5.92 Å². The molecular formula is C18H32O4S2. The van der Waals surface area contributed by atoms with Gasteiger partial charge >= 0.3 is 11.9 Å². The molecule has 1 fully saturated rings. The number of esters is 2. The third-order valence-corrected chi connectivity index (χ3v) is 6.01. The van der Waals surface area contributed by atoms with Gasteiger partial charge in [0.1, 0.15) is 11.2 Å². The van der Waals surface area contributed by atoms with Gasteiger partial charge in [0.05, 0.1) is 12.8 Å². The zero-order valence-electron chi connectivity index (χ0n) is 15.7. The number of thioether (sulfide) groups is 2. The number of carbonyl (C=O) groups is 2. The van der Waals surface area contributed by atoms with Gasteiger partial charge in [-0.1, -0.05) is 0 Å². The average Bonchev–Trinajstić information content (AvgIpc) is 2.50. The molecule has 1 saturated carbocycles. The van der Waals surface area contributed by atoms with Gasteiger partial charge in [-0.15, -0.1) is 0 Å². The Bertz CT molecular complexity index is 415. The Labute approximate surface area is 155 Å². The van der Waals surface area contributed by atoms with E-state index in [0.29, 0.717) is 18.8 Å². The van der Waals surface area contributed by atoms with Crippen LogP contribution in [0.15, 0.2) is 0 Å². The Morgan fingerprint density at radius 2 is 1.54 bits per heavy atom. The van der Waals surface area contributed by atoms with Crippen molar-refractivity contribution < 1.29 is 19.1 Å². The molecule has 6 heteroatoms. The molecular weight excluding hydrogens is 344 g/mol. The van der Waals surface area contributed by atoms with E-state index in [1.165, 1.54) is 0 Å². The number of rotatable bonds is 9. The molecule has 0 heterocycles. The zero-order chi connectivity index (χ0) is 18.2. The molecule has 0 unspecified atom stereocenters. The summed E-state index contributed by atoms with van der Waals surface area (Å²) in [5, 5.41) is 0. The van der Waals surface area contributed by atoms with Crippen LogP contribution in [-0.2, 0) is 19.1 Å². The van der Waals surface area contributed by atoms with Crippen LogP contribution < -0.4 is 0 Å². The van der Waals surface area contributed by atoms with Gasteiger partial charge in [0.2, 0.25) is 0 Å². The van der Waals surface area contributed by atoms with Crippen LogP contribution in [0.1, 0.15) is 59.3 Å². The fourth-order valence-corrected chi connectivity index (χ4v) is 3.89. The lowest BCUT2D eigenvalue weighted by Crippen LogP contribution is -2.44. The Balaban J connectivity index is 2.48. The molecule has 0 bridgehead atoms. The number of carbonyl (C=O) groups excluding carboxylic acids is 2. The maximum Gasteiger partial charge on any atom is 0.307 e. The van der Waals surface area contributed by atoms with E-state index in [9.17, 15) is 9.59 Å². The lowest BCUT2D eigenvalue weighted by molar-refractivity contribution is -0.170. The van der Waals surface area contributed by atoms with Crippen LogP contribution in [0.2, 0.25) is 0 Å². The van der Waals surface area contributed by atoms with Gasteiger partial charge in [-0.25, -0.2) is 0 Å². The topological polar surface area (TPSA) is 52.6 Å². The van der Waals surface area contributed by atoms with Crippen LogP contribution in [0.25, 0.3) is 0 Å². The highest BCUT2D eigenvalue weighted by molar-refractivity contribution is 7.98. The van der Waals surface area contributed by atoms with Crippen molar-refractivity contribution in [1.82, 2.24) is 0 Å². The van der Waals surface area contributed by atoms with Crippen molar-refractivity contribution in [3.63, 3.8) is 0 Å².